The molecule has 0 saturated heterocycles. The Morgan fingerprint density at radius 2 is 2.19 bits per heavy atom. The average Bonchev–Trinajstić information content (AvgIpc) is 2.87. The smallest absolute Gasteiger partial charge is 0.335 e. The lowest BCUT2D eigenvalue weighted by Gasteiger charge is -2.11. The molecule has 0 aliphatic rings. The molecule has 0 radical (unpaired) electrons. The SMILES string of the molecule is CCC(C)NC(=O)CCn1nnc2cc(C(=O)O)ccc21. The van der Waals surface area contributed by atoms with Crippen LogP contribution in [-0.4, -0.2) is 38.0 Å². The Morgan fingerprint density at radius 1 is 1.43 bits per heavy atom. The number of carbonyl (C=O) groups is 2. The number of aryl methyl sites for hydroxylation is 1. The van der Waals surface area contributed by atoms with Crippen molar-refractivity contribution < 1.29 is 14.7 Å². The standard InChI is InChI=1S/C14H18N4O3/c1-3-9(2)15-13(19)6-7-18-12-5-4-10(14(20)21)8-11(12)16-17-18/h4-5,8-9H,3,6-7H2,1-2H3,(H,15,19)(H,20,21). The first-order valence-electron chi connectivity index (χ1n) is 6.87. The molecular formula is C14H18N4O3. The van der Waals surface area contributed by atoms with Gasteiger partial charge >= 0.3 is 5.97 Å². The number of nitrogens with one attached hydrogen (secondary N) is 1. The van der Waals surface area contributed by atoms with Crippen LogP contribution in [0.5, 0.6) is 0 Å². The van der Waals surface area contributed by atoms with Gasteiger partial charge in [-0.1, -0.05) is 12.1 Å². The summed E-state index contributed by atoms with van der Waals surface area (Å²) in [5.74, 6) is -1.03. The van der Waals surface area contributed by atoms with Crippen molar-refractivity contribution in [2.24, 2.45) is 0 Å². The normalized spacial score (nSPS) is 12.3. The van der Waals surface area contributed by atoms with E-state index >= 15 is 0 Å². The molecule has 0 spiro atoms. The highest BCUT2D eigenvalue weighted by Gasteiger charge is 2.11. The number of aromatic nitrogens is 3. The quantitative estimate of drug-likeness (QED) is 0.839. The number of carbonyl (C=O) groups excluding carboxylic acids is 1. The second-order valence-electron chi connectivity index (χ2n) is 4.95. The van der Waals surface area contributed by atoms with Gasteiger partial charge in [-0.2, -0.15) is 0 Å². The highest BCUT2D eigenvalue weighted by atomic mass is 16.4. The van der Waals surface area contributed by atoms with Gasteiger partial charge in [0.2, 0.25) is 5.91 Å². The van der Waals surface area contributed by atoms with E-state index in [1.807, 2.05) is 13.8 Å². The third-order valence-corrected chi connectivity index (χ3v) is 3.33. The molecular weight excluding hydrogens is 272 g/mol. The van der Waals surface area contributed by atoms with Crippen molar-refractivity contribution in [1.29, 1.82) is 0 Å². The Labute approximate surface area is 121 Å². The van der Waals surface area contributed by atoms with Crippen LogP contribution < -0.4 is 5.32 Å². The van der Waals surface area contributed by atoms with Gasteiger partial charge in [0.1, 0.15) is 5.52 Å². The summed E-state index contributed by atoms with van der Waals surface area (Å²) >= 11 is 0. The molecule has 2 rings (SSSR count). The Morgan fingerprint density at radius 3 is 2.86 bits per heavy atom. The van der Waals surface area contributed by atoms with Gasteiger partial charge in [0.25, 0.3) is 0 Å². The zero-order valence-electron chi connectivity index (χ0n) is 12.0. The summed E-state index contributed by atoms with van der Waals surface area (Å²) in [6.07, 6.45) is 1.19. The molecule has 1 aromatic carbocycles. The molecule has 1 unspecified atom stereocenters. The Kier molecular flexibility index (Phi) is 4.52. The fourth-order valence-electron chi connectivity index (χ4n) is 1.93. The van der Waals surface area contributed by atoms with Gasteiger partial charge < -0.3 is 10.4 Å². The first-order chi connectivity index (χ1) is 10.0. The fraction of sp³-hybridized carbons (Fsp3) is 0.429. The Hall–Kier alpha value is -2.44. The predicted octanol–water partition coefficient (Wildman–Crippen LogP) is 1.43. The zero-order valence-corrected chi connectivity index (χ0v) is 12.0. The third kappa shape index (κ3) is 3.56. The number of aromatic carboxylic acids is 1. The molecule has 2 N–H and O–H groups in total. The van der Waals surface area contributed by atoms with Crippen molar-refractivity contribution in [3.8, 4) is 0 Å². The number of carboxylic acids is 1. The maximum atomic E-state index is 11.7. The average molecular weight is 290 g/mol. The number of amides is 1. The highest BCUT2D eigenvalue weighted by Crippen LogP contribution is 2.13. The molecule has 0 aliphatic carbocycles. The van der Waals surface area contributed by atoms with Crippen molar-refractivity contribution >= 4 is 22.9 Å². The summed E-state index contributed by atoms with van der Waals surface area (Å²) in [7, 11) is 0. The number of hydrogen-bond acceptors (Lipinski definition) is 4. The number of fused-ring (bicyclic) bond motifs is 1. The predicted molar refractivity (Wildman–Crippen MR) is 77.0 cm³/mol. The highest BCUT2D eigenvalue weighted by molar-refractivity contribution is 5.92. The number of rotatable bonds is 6. The molecule has 1 atom stereocenters. The van der Waals surface area contributed by atoms with E-state index in [0.29, 0.717) is 18.5 Å². The summed E-state index contributed by atoms with van der Waals surface area (Å²) < 4.78 is 1.61. The van der Waals surface area contributed by atoms with Crippen molar-refractivity contribution in [3.05, 3.63) is 23.8 Å². The van der Waals surface area contributed by atoms with E-state index in [4.69, 9.17) is 5.11 Å². The molecule has 0 bridgehead atoms. The van der Waals surface area contributed by atoms with Crippen LogP contribution in [0.2, 0.25) is 0 Å². The minimum atomic E-state index is -1.00. The van der Waals surface area contributed by atoms with Gasteiger partial charge in [0.15, 0.2) is 0 Å². The number of nitrogens with zero attached hydrogens (tertiary/aromatic N) is 3. The number of carboxylic acid groups (broad SMARTS) is 1. The van der Waals surface area contributed by atoms with E-state index in [0.717, 1.165) is 11.9 Å². The molecule has 1 aromatic heterocycles. The van der Waals surface area contributed by atoms with Crippen molar-refractivity contribution in [2.45, 2.75) is 39.3 Å². The maximum Gasteiger partial charge on any atom is 0.335 e. The van der Waals surface area contributed by atoms with Gasteiger partial charge in [0, 0.05) is 12.5 Å². The van der Waals surface area contributed by atoms with Gasteiger partial charge in [-0.3, -0.25) is 4.79 Å². The molecule has 0 saturated carbocycles. The van der Waals surface area contributed by atoms with E-state index in [1.54, 1.807) is 10.7 Å². The van der Waals surface area contributed by atoms with Crippen molar-refractivity contribution in [1.82, 2.24) is 20.3 Å². The molecule has 7 heteroatoms. The summed E-state index contributed by atoms with van der Waals surface area (Å²) in [5, 5.41) is 19.7. The molecule has 1 heterocycles. The van der Waals surface area contributed by atoms with Gasteiger partial charge in [-0.05, 0) is 31.5 Å². The summed E-state index contributed by atoms with van der Waals surface area (Å²) in [4.78, 5) is 22.6. The molecule has 7 nitrogen and oxygen atoms in total. The molecule has 2 aromatic rings. The first-order valence-corrected chi connectivity index (χ1v) is 6.87. The molecule has 0 fully saturated rings. The lowest BCUT2D eigenvalue weighted by Crippen LogP contribution is -2.32. The number of hydrogen-bond donors (Lipinski definition) is 2. The second-order valence-corrected chi connectivity index (χ2v) is 4.95. The molecule has 1 amide bonds. The zero-order chi connectivity index (χ0) is 15.4. The van der Waals surface area contributed by atoms with Crippen LogP contribution in [0, 0.1) is 0 Å². The number of benzene rings is 1. The van der Waals surface area contributed by atoms with Crippen LogP contribution >= 0.6 is 0 Å². The van der Waals surface area contributed by atoms with Crippen molar-refractivity contribution in [3.63, 3.8) is 0 Å². The van der Waals surface area contributed by atoms with Crippen LogP contribution in [-0.2, 0) is 11.3 Å². The van der Waals surface area contributed by atoms with Crippen LogP contribution in [0.3, 0.4) is 0 Å². The van der Waals surface area contributed by atoms with Gasteiger partial charge in [-0.25, -0.2) is 9.48 Å². The first kappa shape index (κ1) is 15.0. The molecule has 21 heavy (non-hydrogen) atoms. The van der Waals surface area contributed by atoms with E-state index in [1.165, 1.54) is 12.1 Å². The second kappa shape index (κ2) is 6.34. The van der Waals surface area contributed by atoms with Crippen LogP contribution in [0.4, 0.5) is 0 Å². The van der Waals surface area contributed by atoms with E-state index in [2.05, 4.69) is 15.6 Å². The van der Waals surface area contributed by atoms with Crippen LogP contribution in [0.25, 0.3) is 11.0 Å². The maximum absolute atomic E-state index is 11.7. The van der Waals surface area contributed by atoms with Crippen LogP contribution in [0.15, 0.2) is 18.2 Å². The lowest BCUT2D eigenvalue weighted by molar-refractivity contribution is -0.121. The van der Waals surface area contributed by atoms with E-state index < -0.39 is 5.97 Å². The summed E-state index contributed by atoms with van der Waals surface area (Å²) in [6, 6.07) is 4.79. The monoisotopic (exact) mass is 290 g/mol. The Balaban J connectivity index is 2.06. The van der Waals surface area contributed by atoms with Crippen LogP contribution in [0.1, 0.15) is 37.0 Å². The minimum absolute atomic E-state index is 0.0323. The molecule has 0 aliphatic heterocycles. The topological polar surface area (TPSA) is 97.1 Å². The third-order valence-electron chi connectivity index (χ3n) is 3.33. The lowest BCUT2D eigenvalue weighted by atomic mass is 10.2. The minimum Gasteiger partial charge on any atom is -0.478 e. The molecule has 112 valence electrons. The summed E-state index contributed by atoms with van der Waals surface area (Å²) in [5.41, 5.74) is 1.40. The fourth-order valence-corrected chi connectivity index (χ4v) is 1.93. The Bertz CT molecular complexity index is 665. The van der Waals surface area contributed by atoms with Crippen molar-refractivity contribution in [2.75, 3.05) is 0 Å². The van der Waals surface area contributed by atoms with E-state index in [9.17, 15) is 9.59 Å². The van der Waals surface area contributed by atoms with E-state index in [-0.39, 0.29) is 17.5 Å². The summed E-state index contributed by atoms with van der Waals surface area (Å²) in [6.45, 7) is 4.37. The van der Waals surface area contributed by atoms with Gasteiger partial charge in [0.05, 0.1) is 17.6 Å². The largest absolute Gasteiger partial charge is 0.478 e. The van der Waals surface area contributed by atoms with Gasteiger partial charge in [-0.15, -0.1) is 5.10 Å².